The maximum absolute atomic E-state index is 12.8. The molecule has 1 fully saturated rings. The molecule has 6 N–H and O–H groups in total. The van der Waals surface area contributed by atoms with Crippen LogP contribution in [0.3, 0.4) is 0 Å². The van der Waals surface area contributed by atoms with Crippen molar-refractivity contribution >= 4 is 19.8 Å². The zero-order chi connectivity index (χ0) is 42.2. The van der Waals surface area contributed by atoms with Crippen LogP contribution in [0.25, 0.3) is 0 Å². The number of hydrogen-bond acceptors (Lipinski definition) is 12. The average molecular weight is 835 g/mol. The highest BCUT2D eigenvalue weighted by Gasteiger charge is 2.51. The highest BCUT2D eigenvalue weighted by molar-refractivity contribution is 7.47. The van der Waals surface area contributed by atoms with Crippen molar-refractivity contribution < 1.29 is 63.1 Å². The highest BCUT2D eigenvalue weighted by atomic mass is 31.2. The molecule has 13 nitrogen and oxygen atoms in total. The number of aliphatic hydroxyl groups excluding tert-OH is 5. The molecule has 8 atom stereocenters. The van der Waals surface area contributed by atoms with Crippen LogP contribution in [0.15, 0.2) is 24.3 Å². The number of carbonyl (C=O) groups excluding carboxylic acids is 2. The van der Waals surface area contributed by atoms with Crippen LogP contribution >= 0.6 is 7.82 Å². The number of rotatable bonds is 36. The molecule has 0 aromatic rings. The van der Waals surface area contributed by atoms with E-state index in [1.54, 1.807) is 0 Å². The molecule has 14 heteroatoms. The largest absolute Gasteiger partial charge is 0.472 e. The van der Waals surface area contributed by atoms with E-state index in [4.69, 9.17) is 18.5 Å². The fraction of sp³-hybridized carbons (Fsp3) is 0.860. The average Bonchev–Trinajstić information content (AvgIpc) is 3.19. The summed E-state index contributed by atoms with van der Waals surface area (Å²) in [5, 5.41) is 50.0. The second-order valence-corrected chi connectivity index (χ2v) is 16.9. The third-order valence-corrected chi connectivity index (χ3v) is 11.3. The Morgan fingerprint density at radius 2 is 0.912 bits per heavy atom. The molecule has 1 rings (SSSR count). The van der Waals surface area contributed by atoms with Gasteiger partial charge in [0, 0.05) is 12.8 Å². The van der Waals surface area contributed by atoms with Gasteiger partial charge in [0.15, 0.2) is 6.10 Å². The van der Waals surface area contributed by atoms with Crippen LogP contribution in [0.2, 0.25) is 0 Å². The molecule has 0 bridgehead atoms. The Kier molecular flexibility index (Phi) is 31.9. The summed E-state index contributed by atoms with van der Waals surface area (Å²) in [6.07, 6.45) is 22.4. The molecule has 0 aromatic heterocycles. The number of esters is 2. The number of carbonyl (C=O) groups is 2. The van der Waals surface area contributed by atoms with E-state index in [0.29, 0.717) is 12.8 Å². The van der Waals surface area contributed by atoms with Crippen LogP contribution in [0.4, 0.5) is 0 Å². The van der Waals surface area contributed by atoms with Crippen molar-refractivity contribution in [2.75, 3.05) is 13.2 Å². The summed E-state index contributed by atoms with van der Waals surface area (Å²) in [5.41, 5.74) is 0. The molecule has 0 saturated heterocycles. The van der Waals surface area contributed by atoms with Gasteiger partial charge in [-0.15, -0.1) is 0 Å². The van der Waals surface area contributed by atoms with E-state index in [2.05, 4.69) is 38.2 Å². The van der Waals surface area contributed by atoms with Gasteiger partial charge in [-0.05, 0) is 57.8 Å². The number of phosphoric acid groups is 1. The Labute approximate surface area is 343 Å². The predicted molar refractivity (Wildman–Crippen MR) is 221 cm³/mol. The van der Waals surface area contributed by atoms with Crippen LogP contribution in [-0.4, -0.2) is 98.3 Å². The van der Waals surface area contributed by atoms with Gasteiger partial charge in [0.2, 0.25) is 0 Å². The summed E-state index contributed by atoms with van der Waals surface area (Å²) in [5.74, 6) is -1.11. The normalized spacial score (nSPS) is 22.9. The lowest BCUT2D eigenvalue weighted by Gasteiger charge is -2.41. The van der Waals surface area contributed by atoms with Gasteiger partial charge in [-0.25, -0.2) is 4.57 Å². The number of unbranched alkanes of at least 4 members (excludes halogenated alkanes) is 20. The lowest BCUT2D eigenvalue weighted by molar-refractivity contribution is -0.220. The van der Waals surface area contributed by atoms with Gasteiger partial charge >= 0.3 is 19.8 Å². The second-order valence-electron chi connectivity index (χ2n) is 15.5. The predicted octanol–water partition coefficient (Wildman–Crippen LogP) is 8.06. The van der Waals surface area contributed by atoms with E-state index in [-0.39, 0.29) is 12.8 Å². The fourth-order valence-electron chi connectivity index (χ4n) is 6.62. The lowest BCUT2D eigenvalue weighted by Crippen LogP contribution is -2.64. The summed E-state index contributed by atoms with van der Waals surface area (Å²) in [7, 11) is -5.11. The first-order chi connectivity index (χ1) is 27.4. The number of aliphatic hydroxyl groups is 5. The maximum atomic E-state index is 12.8. The standard InChI is InChI=1S/C43H79O13P/c1-3-5-7-9-11-13-15-16-17-18-19-20-22-23-25-27-29-31-36(44)53-33-35(55-37(45)32-30-28-26-24-21-14-12-10-8-6-4-2)34-54-57(51,52)56-43-41(49)39(47)38(46)40(48)42(43)50/h10,12,16-17,35,38-43,46-50H,3-9,11,13-15,18-34H2,1-2H3,(H,51,52)/b12-10-,17-16-/t35-,38?,39-,40?,41?,42?,43?/m1/s1. The molecule has 0 spiro atoms. The zero-order valence-corrected chi connectivity index (χ0v) is 36.0. The van der Waals surface area contributed by atoms with Gasteiger partial charge in [-0.3, -0.25) is 18.6 Å². The van der Waals surface area contributed by atoms with Crippen molar-refractivity contribution in [1.29, 1.82) is 0 Å². The molecule has 334 valence electrons. The van der Waals surface area contributed by atoms with Gasteiger partial charge in [0.1, 0.15) is 43.2 Å². The van der Waals surface area contributed by atoms with E-state index in [0.717, 1.165) is 70.6 Å². The summed E-state index contributed by atoms with van der Waals surface area (Å²) < 4.78 is 33.4. The van der Waals surface area contributed by atoms with Gasteiger partial charge in [0.05, 0.1) is 6.61 Å². The van der Waals surface area contributed by atoms with Crippen LogP contribution in [0.5, 0.6) is 0 Å². The third kappa shape index (κ3) is 26.9. The minimum atomic E-state index is -5.11. The minimum Gasteiger partial charge on any atom is -0.462 e. The van der Waals surface area contributed by atoms with E-state index in [1.165, 1.54) is 70.6 Å². The second kappa shape index (κ2) is 34.1. The summed E-state index contributed by atoms with van der Waals surface area (Å²) in [6.45, 7) is 3.23. The first-order valence-electron chi connectivity index (χ1n) is 22.1. The smallest absolute Gasteiger partial charge is 0.462 e. The Hall–Kier alpha value is -1.67. The summed E-state index contributed by atoms with van der Waals surface area (Å²) in [4.78, 5) is 35.6. The number of ether oxygens (including phenoxy) is 2. The topological polar surface area (TPSA) is 210 Å². The Balaban J connectivity index is 2.46. The first kappa shape index (κ1) is 53.3. The van der Waals surface area contributed by atoms with E-state index < -0.39 is 75.7 Å². The molecule has 57 heavy (non-hydrogen) atoms. The fourth-order valence-corrected chi connectivity index (χ4v) is 7.59. The molecule has 1 aliphatic carbocycles. The van der Waals surface area contributed by atoms with Crippen LogP contribution in [0, 0.1) is 0 Å². The number of hydrogen-bond donors (Lipinski definition) is 6. The van der Waals surface area contributed by atoms with Gasteiger partial charge in [-0.1, -0.05) is 134 Å². The lowest BCUT2D eigenvalue weighted by atomic mass is 9.85. The van der Waals surface area contributed by atoms with Gasteiger partial charge < -0.3 is 39.9 Å². The van der Waals surface area contributed by atoms with Crippen molar-refractivity contribution in [3.05, 3.63) is 24.3 Å². The van der Waals surface area contributed by atoms with Crippen LogP contribution < -0.4 is 0 Å². The van der Waals surface area contributed by atoms with Crippen LogP contribution in [0.1, 0.15) is 181 Å². The maximum Gasteiger partial charge on any atom is 0.472 e. The van der Waals surface area contributed by atoms with E-state index >= 15 is 0 Å². The van der Waals surface area contributed by atoms with Gasteiger partial charge in [0.25, 0.3) is 0 Å². The van der Waals surface area contributed by atoms with E-state index in [1.807, 2.05) is 0 Å². The molecular weight excluding hydrogens is 755 g/mol. The minimum absolute atomic E-state index is 0.0865. The number of allylic oxidation sites excluding steroid dienone is 4. The zero-order valence-electron chi connectivity index (χ0n) is 35.1. The molecule has 0 radical (unpaired) electrons. The molecule has 6 unspecified atom stereocenters. The Bertz CT molecular complexity index is 1100. The van der Waals surface area contributed by atoms with Crippen molar-refractivity contribution in [2.45, 2.75) is 224 Å². The molecule has 0 amide bonds. The van der Waals surface area contributed by atoms with Crippen molar-refractivity contribution in [2.24, 2.45) is 0 Å². The molecule has 1 saturated carbocycles. The monoisotopic (exact) mass is 835 g/mol. The van der Waals surface area contributed by atoms with Crippen LogP contribution in [-0.2, 0) is 32.7 Å². The quantitative estimate of drug-likeness (QED) is 0.0153. The molecule has 1 aliphatic rings. The molecule has 0 heterocycles. The van der Waals surface area contributed by atoms with Crippen molar-refractivity contribution in [3.8, 4) is 0 Å². The SMILES string of the molecule is CCCC/C=C\CCCCCCCC(=O)O[C@H](COC(=O)CCCCCCCCC/C=C\CCCCCCCC)COP(=O)(O)OC1C(O)C(O)C(O)[C@@H](O)C1O. The summed E-state index contributed by atoms with van der Waals surface area (Å²) in [6, 6.07) is 0. The highest BCUT2D eigenvalue weighted by Crippen LogP contribution is 2.47. The molecule has 0 aromatic carbocycles. The summed E-state index contributed by atoms with van der Waals surface area (Å²) >= 11 is 0. The molecule has 0 aliphatic heterocycles. The number of phosphoric ester groups is 1. The van der Waals surface area contributed by atoms with E-state index in [9.17, 15) is 44.6 Å². The Morgan fingerprint density at radius 1 is 0.526 bits per heavy atom. The van der Waals surface area contributed by atoms with Crippen molar-refractivity contribution in [1.82, 2.24) is 0 Å². The van der Waals surface area contributed by atoms with Gasteiger partial charge in [-0.2, -0.15) is 0 Å². The molecular formula is C43H79O13P. The Morgan fingerprint density at radius 3 is 1.39 bits per heavy atom. The third-order valence-electron chi connectivity index (χ3n) is 10.3. The van der Waals surface area contributed by atoms with Crippen molar-refractivity contribution in [3.63, 3.8) is 0 Å². The first-order valence-corrected chi connectivity index (χ1v) is 23.6.